The molecule has 1 unspecified atom stereocenters. The molecular weight excluding hydrogens is 239 g/mol. The number of anilines is 2. The van der Waals surface area contributed by atoms with Crippen molar-refractivity contribution in [2.24, 2.45) is 0 Å². The van der Waals surface area contributed by atoms with E-state index in [4.69, 9.17) is 4.74 Å². The Balaban J connectivity index is 1.97. The molecule has 18 heavy (non-hydrogen) atoms. The van der Waals surface area contributed by atoms with Crippen LogP contribution >= 0.6 is 0 Å². The summed E-state index contributed by atoms with van der Waals surface area (Å²) in [7, 11) is 0. The number of aliphatic hydroxyl groups is 1. The standard InChI is InChI=1S/C12H13FN2O3/c13-8-5-7-9(14-12(17)11(7)16)6-10(8)15-1-3-18-4-2-15/h5-6,11,16H,1-4H2,(H,14,17). The highest BCUT2D eigenvalue weighted by Gasteiger charge is 2.30. The van der Waals surface area contributed by atoms with Crippen LogP contribution in [-0.2, 0) is 9.53 Å². The summed E-state index contributed by atoms with van der Waals surface area (Å²) in [5.74, 6) is -0.935. The van der Waals surface area contributed by atoms with E-state index in [0.717, 1.165) is 0 Å². The minimum atomic E-state index is -1.27. The molecule has 2 aliphatic rings. The van der Waals surface area contributed by atoms with Crippen LogP contribution < -0.4 is 10.2 Å². The van der Waals surface area contributed by atoms with E-state index in [-0.39, 0.29) is 0 Å². The topological polar surface area (TPSA) is 61.8 Å². The smallest absolute Gasteiger partial charge is 0.257 e. The summed E-state index contributed by atoms with van der Waals surface area (Å²) in [6.45, 7) is 2.36. The average Bonchev–Trinajstić information content (AvgIpc) is 2.66. The molecule has 1 saturated heterocycles. The van der Waals surface area contributed by atoms with Crippen molar-refractivity contribution in [2.45, 2.75) is 6.10 Å². The molecule has 3 rings (SSSR count). The van der Waals surface area contributed by atoms with Gasteiger partial charge in [-0.3, -0.25) is 4.79 Å². The highest BCUT2D eigenvalue weighted by molar-refractivity contribution is 6.02. The summed E-state index contributed by atoms with van der Waals surface area (Å²) in [4.78, 5) is 13.2. The van der Waals surface area contributed by atoms with Crippen LogP contribution in [0.1, 0.15) is 11.7 Å². The molecule has 5 nitrogen and oxygen atoms in total. The third kappa shape index (κ3) is 1.74. The minimum absolute atomic E-state index is 0.300. The van der Waals surface area contributed by atoms with Gasteiger partial charge in [-0.15, -0.1) is 0 Å². The third-order valence-corrected chi connectivity index (χ3v) is 3.27. The fourth-order valence-corrected chi connectivity index (χ4v) is 2.30. The summed E-state index contributed by atoms with van der Waals surface area (Å²) in [5.41, 5.74) is 1.22. The third-order valence-electron chi connectivity index (χ3n) is 3.27. The Labute approximate surface area is 103 Å². The van der Waals surface area contributed by atoms with Crippen LogP contribution in [0, 0.1) is 5.82 Å². The van der Waals surface area contributed by atoms with Crippen molar-refractivity contribution in [1.29, 1.82) is 0 Å². The number of carbonyl (C=O) groups excluding carboxylic acids is 1. The average molecular weight is 252 g/mol. The predicted octanol–water partition coefficient (Wildman–Crippen LogP) is 0.648. The SMILES string of the molecule is O=C1Nc2cc(N3CCOCC3)c(F)cc2C1O. The Bertz CT molecular complexity index is 500. The van der Waals surface area contributed by atoms with E-state index in [1.54, 1.807) is 6.07 Å². The minimum Gasteiger partial charge on any atom is -0.378 e. The van der Waals surface area contributed by atoms with Gasteiger partial charge >= 0.3 is 0 Å². The summed E-state index contributed by atoms with van der Waals surface area (Å²) in [6.07, 6.45) is -1.27. The van der Waals surface area contributed by atoms with Crippen LogP contribution in [0.15, 0.2) is 12.1 Å². The van der Waals surface area contributed by atoms with Gasteiger partial charge in [0.25, 0.3) is 5.91 Å². The number of carbonyl (C=O) groups is 1. The van der Waals surface area contributed by atoms with Gasteiger partial charge < -0.3 is 20.1 Å². The Morgan fingerprint density at radius 2 is 2.11 bits per heavy atom. The van der Waals surface area contributed by atoms with Gasteiger partial charge in [0.2, 0.25) is 0 Å². The fraction of sp³-hybridized carbons (Fsp3) is 0.417. The second kappa shape index (κ2) is 4.22. The van der Waals surface area contributed by atoms with Gasteiger partial charge in [-0.25, -0.2) is 4.39 Å². The zero-order chi connectivity index (χ0) is 12.7. The number of halogens is 1. The number of rotatable bonds is 1. The number of nitrogens with zero attached hydrogens (tertiary/aromatic N) is 1. The summed E-state index contributed by atoms with van der Waals surface area (Å²) >= 11 is 0. The van der Waals surface area contributed by atoms with Gasteiger partial charge in [0.15, 0.2) is 6.10 Å². The van der Waals surface area contributed by atoms with E-state index in [1.807, 2.05) is 4.90 Å². The lowest BCUT2D eigenvalue weighted by Gasteiger charge is -2.29. The van der Waals surface area contributed by atoms with Crippen molar-refractivity contribution in [3.8, 4) is 0 Å². The monoisotopic (exact) mass is 252 g/mol. The lowest BCUT2D eigenvalue weighted by molar-refractivity contribution is -0.123. The van der Waals surface area contributed by atoms with E-state index < -0.39 is 17.8 Å². The van der Waals surface area contributed by atoms with Crippen LogP contribution in [0.2, 0.25) is 0 Å². The molecule has 2 aliphatic heterocycles. The maximum Gasteiger partial charge on any atom is 0.257 e. The first-order valence-electron chi connectivity index (χ1n) is 5.82. The molecule has 1 amide bonds. The summed E-state index contributed by atoms with van der Waals surface area (Å²) in [5, 5.41) is 12.1. The van der Waals surface area contributed by atoms with E-state index in [0.29, 0.717) is 43.2 Å². The molecule has 0 aromatic heterocycles. The fourth-order valence-electron chi connectivity index (χ4n) is 2.30. The van der Waals surface area contributed by atoms with E-state index in [9.17, 15) is 14.3 Å². The molecule has 2 N–H and O–H groups in total. The largest absolute Gasteiger partial charge is 0.378 e. The van der Waals surface area contributed by atoms with Gasteiger partial charge in [-0.1, -0.05) is 0 Å². The number of ether oxygens (including phenoxy) is 1. The highest BCUT2D eigenvalue weighted by atomic mass is 19.1. The molecule has 2 heterocycles. The Hall–Kier alpha value is -1.66. The number of amides is 1. The second-order valence-corrected chi connectivity index (χ2v) is 4.38. The van der Waals surface area contributed by atoms with Gasteiger partial charge in [-0.2, -0.15) is 0 Å². The molecule has 0 radical (unpaired) electrons. The van der Waals surface area contributed by atoms with Crippen LogP contribution in [0.4, 0.5) is 15.8 Å². The van der Waals surface area contributed by atoms with Crippen molar-refractivity contribution in [3.63, 3.8) is 0 Å². The number of fused-ring (bicyclic) bond motifs is 1. The van der Waals surface area contributed by atoms with Crippen LogP contribution in [0.25, 0.3) is 0 Å². The summed E-state index contributed by atoms with van der Waals surface area (Å²) in [6, 6.07) is 2.80. The van der Waals surface area contributed by atoms with Crippen LogP contribution in [0.5, 0.6) is 0 Å². The molecule has 1 fully saturated rings. The maximum absolute atomic E-state index is 14.0. The second-order valence-electron chi connectivity index (χ2n) is 4.38. The van der Waals surface area contributed by atoms with E-state index in [1.165, 1.54) is 6.07 Å². The lowest BCUT2D eigenvalue weighted by atomic mass is 10.1. The quantitative estimate of drug-likeness (QED) is 0.770. The molecule has 1 atom stereocenters. The van der Waals surface area contributed by atoms with Crippen molar-refractivity contribution in [2.75, 3.05) is 36.5 Å². The molecule has 6 heteroatoms. The van der Waals surface area contributed by atoms with Crippen molar-refractivity contribution >= 4 is 17.3 Å². The molecule has 0 saturated carbocycles. The van der Waals surface area contributed by atoms with Gasteiger partial charge in [-0.05, 0) is 12.1 Å². The predicted molar refractivity (Wildman–Crippen MR) is 63.0 cm³/mol. The van der Waals surface area contributed by atoms with Gasteiger partial charge in [0.1, 0.15) is 5.82 Å². The Morgan fingerprint density at radius 3 is 2.83 bits per heavy atom. The van der Waals surface area contributed by atoms with Gasteiger partial charge in [0, 0.05) is 24.3 Å². The number of morpholine rings is 1. The molecule has 0 bridgehead atoms. The number of benzene rings is 1. The Morgan fingerprint density at radius 1 is 1.39 bits per heavy atom. The molecule has 96 valence electrons. The van der Waals surface area contributed by atoms with Crippen molar-refractivity contribution in [1.82, 2.24) is 0 Å². The van der Waals surface area contributed by atoms with Crippen molar-refractivity contribution in [3.05, 3.63) is 23.5 Å². The number of nitrogens with one attached hydrogen (secondary N) is 1. The van der Waals surface area contributed by atoms with Crippen LogP contribution in [-0.4, -0.2) is 37.3 Å². The van der Waals surface area contributed by atoms with Crippen molar-refractivity contribution < 1.29 is 19.0 Å². The highest BCUT2D eigenvalue weighted by Crippen LogP contribution is 2.36. The maximum atomic E-state index is 14.0. The number of hydrogen-bond acceptors (Lipinski definition) is 4. The van der Waals surface area contributed by atoms with Crippen LogP contribution in [0.3, 0.4) is 0 Å². The number of hydrogen-bond donors (Lipinski definition) is 2. The molecule has 1 aromatic carbocycles. The molecule has 0 spiro atoms. The van der Waals surface area contributed by atoms with E-state index >= 15 is 0 Å². The first-order chi connectivity index (χ1) is 8.66. The summed E-state index contributed by atoms with van der Waals surface area (Å²) < 4.78 is 19.2. The lowest BCUT2D eigenvalue weighted by Crippen LogP contribution is -2.36. The molecule has 0 aliphatic carbocycles. The van der Waals surface area contributed by atoms with Gasteiger partial charge in [0.05, 0.1) is 18.9 Å². The first-order valence-corrected chi connectivity index (χ1v) is 5.82. The van der Waals surface area contributed by atoms with E-state index in [2.05, 4.69) is 5.32 Å². The first kappa shape index (κ1) is 11.4. The Kier molecular flexibility index (Phi) is 2.68. The zero-order valence-electron chi connectivity index (χ0n) is 9.65. The number of aliphatic hydroxyl groups excluding tert-OH is 1. The normalized spacial score (nSPS) is 22.9. The molecule has 1 aromatic rings. The zero-order valence-corrected chi connectivity index (χ0v) is 9.65. The molecular formula is C12H13FN2O3.